The van der Waals surface area contributed by atoms with Crippen molar-refractivity contribution in [3.63, 3.8) is 0 Å². The smallest absolute Gasteiger partial charge is 0.139 e. The van der Waals surface area contributed by atoms with Crippen molar-refractivity contribution in [2.75, 3.05) is 13.2 Å². The summed E-state index contributed by atoms with van der Waals surface area (Å²) in [6, 6.07) is 4.61. The molecule has 4 heteroatoms. The van der Waals surface area contributed by atoms with Crippen LogP contribution in [0.15, 0.2) is 18.2 Å². The van der Waals surface area contributed by atoms with Crippen LogP contribution in [0.5, 0.6) is 11.5 Å². The molecular formula is C9H11NO3. The highest BCUT2D eigenvalue weighted by Gasteiger charge is 2.37. The zero-order valence-corrected chi connectivity index (χ0v) is 7.03. The molecular weight excluding hydrogens is 170 g/mol. The van der Waals surface area contributed by atoms with E-state index in [0.717, 1.165) is 0 Å². The van der Waals surface area contributed by atoms with Crippen molar-refractivity contribution in [3.8, 4) is 11.5 Å². The number of hydrogen-bond donors (Lipinski definition) is 3. The van der Waals surface area contributed by atoms with E-state index in [-0.39, 0.29) is 18.9 Å². The Bertz CT molecular complexity index is 340. The number of aliphatic hydroxyl groups is 1. The minimum atomic E-state index is -1.09. The molecule has 0 radical (unpaired) electrons. The quantitative estimate of drug-likeness (QED) is 0.567. The van der Waals surface area contributed by atoms with Gasteiger partial charge in [-0.15, -0.1) is 0 Å². The summed E-state index contributed by atoms with van der Waals surface area (Å²) < 4.78 is 5.20. The molecule has 1 aliphatic rings. The van der Waals surface area contributed by atoms with Gasteiger partial charge >= 0.3 is 0 Å². The molecule has 0 saturated carbocycles. The van der Waals surface area contributed by atoms with E-state index in [2.05, 4.69) is 0 Å². The fraction of sp³-hybridized carbons (Fsp3) is 0.333. The SMILES string of the molecule is NCC1(O)COc2cc(O)ccc21. The van der Waals surface area contributed by atoms with Crippen molar-refractivity contribution in [2.24, 2.45) is 5.73 Å². The van der Waals surface area contributed by atoms with Gasteiger partial charge in [-0.3, -0.25) is 0 Å². The molecule has 0 spiro atoms. The van der Waals surface area contributed by atoms with Gasteiger partial charge < -0.3 is 20.7 Å². The number of nitrogens with two attached hydrogens (primary N) is 1. The number of phenols is 1. The molecule has 4 nitrogen and oxygen atoms in total. The molecule has 4 N–H and O–H groups in total. The average molecular weight is 181 g/mol. The maximum absolute atomic E-state index is 9.91. The van der Waals surface area contributed by atoms with Crippen LogP contribution in [-0.4, -0.2) is 23.4 Å². The highest BCUT2D eigenvalue weighted by molar-refractivity contribution is 5.46. The molecule has 1 unspecified atom stereocenters. The zero-order chi connectivity index (χ0) is 9.47. The molecule has 0 amide bonds. The summed E-state index contributed by atoms with van der Waals surface area (Å²) in [5.41, 5.74) is 4.98. The molecule has 0 saturated heterocycles. The molecule has 1 heterocycles. The maximum atomic E-state index is 9.91. The van der Waals surface area contributed by atoms with Crippen molar-refractivity contribution in [2.45, 2.75) is 5.60 Å². The molecule has 0 fully saturated rings. The highest BCUT2D eigenvalue weighted by Crippen LogP contribution is 2.38. The fourth-order valence-corrected chi connectivity index (χ4v) is 1.46. The lowest BCUT2D eigenvalue weighted by Gasteiger charge is -2.17. The van der Waals surface area contributed by atoms with Crippen LogP contribution < -0.4 is 10.5 Å². The molecule has 1 aliphatic heterocycles. The minimum absolute atomic E-state index is 0.116. The Kier molecular flexibility index (Phi) is 1.68. The highest BCUT2D eigenvalue weighted by atomic mass is 16.5. The van der Waals surface area contributed by atoms with Crippen LogP contribution in [0.4, 0.5) is 0 Å². The maximum Gasteiger partial charge on any atom is 0.139 e. The van der Waals surface area contributed by atoms with Crippen LogP contribution in [0.1, 0.15) is 5.56 Å². The molecule has 1 atom stereocenters. The summed E-state index contributed by atoms with van der Waals surface area (Å²) in [7, 11) is 0. The van der Waals surface area contributed by atoms with Gasteiger partial charge in [0, 0.05) is 18.2 Å². The van der Waals surface area contributed by atoms with Gasteiger partial charge in [0.25, 0.3) is 0 Å². The summed E-state index contributed by atoms with van der Waals surface area (Å²) in [5, 5.41) is 19.1. The fourth-order valence-electron chi connectivity index (χ4n) is 1.46. The largest absolute Gasteiger partial charge is 0.508 e. The Labute approximate surface area is 75.6 Å². The first kappa shape index (κ1) is 8.34. The summed E-state index contributed by atoms with van der Waals surface area (Å²) >= 11 is 0. The van der Waals surface area contributed by atoms with E-state index in [1.165, 1.54) is 12.1 Å². The van der Waals surface area contributed by atoms with Gasteiger partial charge in [-0.25, -0.2) is 0 Å². The van der Waals surface area contributed by atoms with E-state index in [0.29, 0.717) is 11.3 Å². The van der Waals surface area contributed by atoms with Gasteiger partial charge in [0.1, 0.15) is 23.7 Å². The summed E-state index contributed by atoms with van der Waals surface area (Å²) in [4.78, 5) is 0. The molecule has 0 bridgehead atoms. The molecule has 70 valence electrons. The van der Waals surface area contributed by atoms with Crippen LogP contribution in [0.25, 0.3) is 0 Å². The number of aromatic hydroxyl groups is 1. The van der Waals surface area contributed by atoms with Crippen molar-refractivity contribution >= 4 is 0 Å². The Morgan fingerprint density at radius 3 is 3.00 bits per heavy atom. The minimum Gasteiger partial charge on any atom is -0.508 e. The standard InChI is InChI=1S/C9H11NO3/c10-4-9(12)5-13-8-3-6(11)1-2-7(8)9/h1-3,11-12H,4-5,10H2. The molecule has 0 aliphatic carbocycles. The number of phenolic OH excluding ortho intramolecular Hbond substituents is 1. The number of benzene rings is 1. The molecule has 2 rings (SSSR count). The lowest BCUT2D eigenvalue weighted by atomic mass is 9.96. The lowest BCUT2D eigenvalue weighted by molar-refractivity contribution is 0.0251. The van der Waals surface area contributed by atoms with E-state index < -0.39 is 5.60 Å². The topological polar surface area (TPSA) is 75.7 Å². The average Bonchev–Trinajstić information content (AvgIpc) is 2.45. The number of fused-ring (bicyclic) bond motifs is 1. The normalized spacial score (nSPS) is 25.4. The van der Waals surface area contributed by atoms with E-state index in [9.17, 15) is 5.11 Å². The van der Waals surface area contributed by atoms with Crippen LogP contribution in [0, 0.1) is 0 Å². The summed E-state index contributed by atoms with van der Waals surface area (Å²) in [6.07, 6.45) is 0. The second-order valence-electron chi connectivity index (χ2n) is 3.20. The Morgan fingerprint density at radius 2 is 2.31 bits per heavy atom. The van der Waals surface area contributed by atoms with Gasteiger partial charge in [0.2, 0.25) is 0 Å². The number of rotatable bonds is 1. The molecule has 0 aromatic heterocycles. The van der Waals surface area contributed by atoms with Crippen molar-refractivity contribution in [1.82, 2.24) is 0 Å². The predicted molar refractivity (Wildman–Crippen MR) is 46.6 cm³/mol. The first-order valence-electron chi connectivity index (χ1n) is 4.04. The van der Waals surface area contributed by atoms with Crippen molar-refractivity contribution in [1.29, 1.82) is 0 Å². The monoisotopic (exact) mass is 181 g/mol. The predicted octanol–water partition coefficient (Wildman–Crippen LogP) is -0.0691. The first-order valence-corrected chi connectivity index (χ1v) is 4.04. The van der Waals surface area contributed by atoms with E-state index >= 15 is 0 Å². The van der Waals surface area contributed by atoms with Gasteiger partial charge in [0.15, 0.2) is 0 Å². The van der Waals surface area contributed by atoms with Crippen molar-refractivity contribution < 1.29 is 14.9 Å². The van der Waals surface area contributed by atoms with Crippen LogP contribution >= 0.6 is 0 Å². The first-order chi connectivity index (χ1) is 6.15. The third-order valence-corrected chi connectivity index (χ3v) is 2.27. The van der Waals surface area contributed by atoms with Crippen LogP contribution in [0.3, 0.4) is 0 Å². The molecule has 13 heavy (non-hydrogen) atoms. The lowest BCUT2D eigenvalue weighted by Crippen LogP contribution is -2.36. The Hall–Kier alpha value is -1.26. The second-order valence-corrected chi connectivity index (χ2v) is 3.20. The van der Waals surface area contributed by atoms with Gasteiger partial charge in [-0.05, 0) is 12.1 Å². The van der Waals surface area contributed by atoms with E-state index in [1.807, 2.05) is 0 Å². The van der Waals surface area contributed by atoms with E-state index in [4.69, 9.17) is 15.6 Å². The van der Waals surface area contributed by atoms with Gasteiger partial charge in [0.05, 0.1) is 0 Å². The van der Waals surface area contributed by atoms with Crippen LogP contribution in [-0.2, 0) is 5.60 Å². The Balaban J connectivity index is 2.49. The van der Waals surface area contributed by atoms with Gasteiger partial charge in [-0.2, -0.15) is 0 Å². The van der Waals surface area contributed by atoms with Crippen molar-refractivity contribution in [3.05, 3.63) is 23.8 Å². The second kappa shape index (κ2) is 2.61. The van der Waals surface area contributed by atoms with Gasteiger partial charge in [-0.1, -0.05) is 0 Å². The van der Waals surface area contributed by atoms with Crippen LogP contribution in [0.2, 0.25) is 0 Å². The third kappa shape index (κ3) is 1.15. The summed E-state index contributed by atoms with van der Waals surface area (Å²) in [5.74, 6) is 0.632. The Morgan fingerprint density at radius 1 is 1.54 bits per heavy atom. The third-order valence-electron chi connectivity index (χ3n) is 2.27. The molecule has 1 aromatic carbocycles. The molecule has 1 aromatic rings. The zero-order valence-electron chi connectivity index (χ0n) is 7.03. The number of hydrogen-bond acceptors (Lipinski definition) is 4. The number of ether oxygens (including phenoxy) is 1. The summed E-state index contributed by atoms with van der Waals surface area (Å²) in [6.45, 7) is 0.271. The van der Waals surface area contributed by atoms with E-state index in [1.54, 1.807) is 6.07 Å².